The van der Waals surface area contributed by atoms with Gasteiger partial charge in [0.05, 0.1) is 29.9 Å². The van der Waals surface area contributed by atoms with E-state index < -0.39 is 17.0 Å². The summed E-state index contributed by atoms with van der Waals surface area (Å²) in [4.78, 5) is 39.6. The van der Waals surface area contributed by atoms with Gasteiger partial charge in [0, 0.05) is 13.1 Å². The number of carboxylic acids is 1. The molecule has 0 atom stereocenters. The second kappa shape index (κ2) is 8.73. The van der Waals surface area contributed by atoms with Crippen LogP contribution in [0.5, 0.6) is 5.75 Å². The Hall–Kier alpha value is -3.61. The molecular formula is C26H27NO6. The molecule has 0 unspecified atom stereocenters. The first-order valence-electron chi connectivity index (χ1n) is 10.9. The number of methoxy groups -OCH3 is 1. The Morgan fingerprint density at radius 2 is 1.79 bits per heavy atom. The van der Waals surface area contributed by atoms with Gasteiger partial charge in [-0.15, -0.1) is 0 Å². The minimum absolute atomic E-state index is 0.105. The quantitative estimate of drug-likeness (QED) is 0.598. The lowest BCUT2D eigenvalue weighted by Crippen LogP contribution is -2.49. The van der Waals surface area contributed by atoms with Crippen molar-refractivity contribution in [3.05, 3.63) is 75.1 Å². The van der Waals surface area contributed by atoms with E-state index in [1.54, 1.807) is 25.0 Å². The molecule has 2 aromatic carbocycles. The monoisotopic (exact) mass is 449 g/mol. The second-order valence-electron chi connectivity index (χ2n) is 8.64. The lowest BCUT2D eigenvalue weighted by Gasteiger charge is -2.39. The maximum absolute atomic E-state index is 13.1. The molecule has 1 amide bonds. The van der Waals surface area contributed by atoms with Gasteiger partial charge < -0.3 is 19.2 Å². The van der Waals surface area contributed by atoms with Gasteiger partial charge in [0.1, 0.15) is 11.3 Å². The smallest absolute Gasteiger partial charge is 0.340 e. The number of nitrogens with zero attached hydrogens (tertiary/aromatic N) is 1. The number of ether oxygens (including phenoxy) is 1. The van der Waals surface area contributed by atoms with E-state index in [4.69, 9.17) is 9.15 Å². The number of carbonyl (C=O) groups excluding carboxylic acids is 1. The predicted octanol–water partition coefficient (Wildman–Crippen LogP) is 3.61. The van der Waals surface area contributed by atoms with Crippen LogP contribution in [0.4, 0.5) is 0 Å². The third-order valence-corrected chi connectivity index (χ3v) is 6.74. The van der Waals surface area contributed by atoms with Gasteiger partial charge in [0.15, 0.2) is 0 Å². The number of likely N-dealkylation sites (tertiary alicyclic amines) is 1. The fourth-order valence-electron chi connectivity index (χ4n) is 4.79. The molecule has 1 N–H and O–H groups in total. The van der Waals surface area contributed by atoms with Crippen molar-refractivity contribution in [2.45, 2.75) is 38.5 Å². The van der Waals surface area contributed by atoms with Crippen molar-refractivity contribution in [1.82, 2.24) is 4.90 Å². The normalized spacial score (nSPS) is 15.4. The summed E-state index contributed by atoms with van der Waals surface area (Å²) in [6.07, 6.45) is 0.527. The molecule has 33 heavy (non-hydrogen) atoms. The molecule has 0 bridgehead atoms. The van der Waals surface area contributed by atoms with Gasteiger partial charge in [-0.1, -0.05) is 30.3 Å². The number of benzene rings is 2. The van der Waals surface area contributed by atoms with Crippen LogP contribution in [-0.2, 0) is 21.4 Å². The summed E-state index contributed by atoms with van der Waals surface area (Å²) in [7, 11) is 1.55. The summed E-state index contributed by atoms with van der Waals surface area (Å²) >= 11 is 0. The highest BCUT2D eigenvalue weighted by Crippen LogP contribution is 2.36. The number of aryl methyl sites for hydroxylation is 2. The Kier molecular flexibility index (Phi) is 5.97. The molecule has 7 heteroatoms. The summed E-state index contributed by atoms with van der Waals surface area (Å²) in [5.74, 6) is -0.510. The Bertz CT molecular complexity index is 1270. The predicted molar refractivity (Wildman–Crippen MR) is 124 cm³/mol. The van der Waals surface area contributed by atoms with Gasteiger partial charge in [-0.2, -0.15) is 0 Å². The SMILES string of the molecule is COc1cc(C)cc2oc(=O)c(CC(=O)N3CCC(C(=O)O)(c4ccccc4)CC3)c(C)c12. The zero-order chi connectivity index (χ0) is 23.8. The van der Waals surface area contributed by atoms with Gasteiger partial charge in [-0.3, -0.25) is 9.59 Å². The third-order valence-electron chi connectivity index (χ3n) is 6.74. The summed E-state index contributed by atoms with van der Waals surface area (Å²) in [6.45, 7) is 4.29. The van der Waals surface area contributed by atoms with Crippen LogP contribution in [0.25, 0.3) is 11.0 Å². The molecule has 1 aliphatic rings. The highest BCUT2D eigenvalue weighted by molar-refractivity contribution is 5.90. The number of rotatable bonds is 5. The fraction of sp³-hybridized carbons (Fsp3) is 0.346. The zero-order valence-electron chi connectivity index (χ0n) is 19.0. The Balaban J connectivity index is 1.58. The Morgan fingerprint density at radius 3 is 2.39 bits per heavy atom. The van der Waals surface area contributed by atoms with Crippen molar-refractivity contribution in [2.75, 3.05) is 20.2 Å². The van der Waals surface area contributed by atoms with Gasteiger partial charge in [0.2, 0.25) is 5.91 Å². The van der Waals surface area contributed by atoms with E-state index in [0.717, 1.165) is 11.1 Å². The van der Waals surface area contributed by atoms with Crippen LogP contribution >= 0.6 is 0 Å². The Labute approximate surface area is 191 Å². The number of aliphatic carboxylic acids is 1. The number of carbonyl (C=O) groups is 2. The highest BCUT2D eigenvalue weighted by atomic mass is 16.5. The maximum atomic E-state index is 13.1. The lowest BCUT2D eigenvalue weighted by atomic mass is 9.73. The van der Waals surface area contributed by atoms with Crippen LogP contribution in [0.15, 0.2) is 51.7 Å². The molecule has 1 fully saturated rings. The summed E-state index contributed by atoms with van der Waals surface area (Å²) in [6, 6.07) is 12.8. The van der Waals surface area contributed by atoms with E-state index in [1.165, 1.54) is 0 Å². The largest absolute Gasteiger partial charge is 0.496 e. The Morgan fingerprint density at radius 1 is 1.12 bits per heavy atom. The van der Waals surface area contributed by atoms with Crippen LogP contribution in [0, 0.1) is 13.8 Å². The second-order valence-corrected chi connectivity index (χ2v) is 8.64. The number of fused-ring (bicyclic) bond motifs is 1. The minimum atomic E-state index is -1.01. The molecule has 1 aliphatic heterocycles. The molecule has 172 valence electrons. The van der Waals surface area contributed by atoms with E-state index in [9.17, 15) is 19.5 Å². The van der Waals surface area contributed by atoms with E-state index in [2.05, 4.69) is 0 Å². The molecule has 3 aromatic rings. The molecule has 1 saturated heterocycles. The van der Waals surface area contributed by atoms with Crippen LogP contribution in [0.2, 0.25) is 0 Å². The van der Waals surface area contributed by atoms with Crippen molar-refractivity contribution in [3.63, 3.8) is 0 Å². The van der Waals surface area contributed by atoms with Crippen LogP contribution < -0.4 is 10.4 Å². The van der Waals surface area contributed by atoms with Crippen molar-refractivity contribution in [3.8, 4) is 5.75 Å². The van der Waals surface area contributed by atoms with Crippen molar-refractivity contribution < 1.29 is 23.8 Å². The van der Waals surface area contributed by atoms with Crippen molar-refractivity contribution in [1.29, 1.82) is 0 Å². The standard InChI is InChI=1S/C26H27NO6/c1-16-13-20(32-3)23-17(2)19(24(29)33-21(23)14-16)15-22(28)27-11-9-26(10-12-27,25(30)31)18-7-5-4-6-8-18/h4-8,13-14H,9-12,15H2,1-3H3,(H,30,31). The lowest BCUT2D eigenvalue weighted by molar-refractivity contribution is -0.148. The fourth-order valence-corrected chi connectivity index (χ4v) is 4.79. The molecule has 0 radical (unpaired) electrons. The molecule has 4 rings (SSSR count). The highest BCUT2D eigenvalue weighted by Gasteiger charge is 2.43. The maximum Gasteiger partial charge on any atom is 0.340 e. The number of amides is 1. The van der Waals surface area contributed by atoms with Crippen molar-refractivity contribution in [2.24, 2.45) is 0 Å². The molecule has 0 spiro atoms. The topological polar surface area (TPSA) is 97.0 Å². The molecule has 2 heterocycles. The summed E-state index contributed by atoms with van der Waals surface area (Å²) < 4.78 is 11.0. The molecule has 0 aliphatic carbocycles. The van der Waals surface area contributed by atoms with Gasteiger partial charge >= 0.3 is 11.6 Å². The van der Waals surface area contributed by atoms with Crippen LogP contribution in [0.1, 0.15) is 35.1 Å². The third kappa shape index (κ3) is 3.99. The van der Waals surface area contributed by atoms with Crippen LogP contribution in [0.3, 0.4) is 0 Å². The number of hydrogen-bond donors (Lipinski definition) is 1. The van der Waals surface area contributed by atoms with E-state index >= 15 is 0 Å². The first-order chi connectivity index (χ1) is 15.8. The number of piperidine rings is 1. The summed E-state index contributed by atoms with van der Waals surface area (Å²) in [5, 5.41) is 10.7. The van der Waals surface area contributed by atoms with E-state index in [0.29, 0.717) is 53.8 Å². The molecule has 1 aromatic heterocycles. The minimum Gasteiger partial charge on any atom is -0.496 e. The van der Waals surface area contributed by atoms with E-state index in [-0.39, 0.29) is 12.3 Å². The molecule has 7 nitrogen and oxygen atoms in total. The van der Waals surface area contributed by atoms with Crippen molar-refractivity contribution >= 4 is 22.8 Å². The first kappa shape index (κ1) is 22.6. The van der Waals surface area contributed by atoms with E-state index in [1.807, 2.05) is 43.3 Å². The van der Waals surface area contributed by atoms with Gasteiger partial charge in [-0.05, 0) is 55.5 Å². The summed E-state index contributed by atoms with van der Waals surface area (Å²) in [5.41, 5.74) is 1.49. The number of hydrogen-bond acceptors (Lipinski definition) is 5. The first-order valence-corrected chi connectivity index (χ1v) is 10.9. The average molecular weight is 450 g/mol. The number of carboxylic acid groups (broad SMARTS) is 1. The molecular weight excluding hydrogens is 422 g/mol. The zero-order valence-corrected chi connectivity index (χ0v) is 19.0. The van der Waals surface area contributed by atoms with Gasteiger partial charge in [0.25, 0.3) is 0 Å². The molecule has 0 saturated carbocycles. The van der Waals surface area contributed by atoms with Crippen LogP contribution in [-0.4, -0.2) is 42.1 Å². The average Bonchev–Trinajstić information content (AvgIpc) is 2.81. The van der Waals surface area contributed by atoms with Gasteiger partial charge in [-0.25, -0.2) is 4.79 Å².